The maximum absolute atomic E-state index is 12.1. The molecule has 0 heterocycles. The Balaban J connectivity index is 2.53. The summed E-state index contributed by atoms with van der Waals surface area (Å²) in [6.45, 7) is 4.93. The number of aliphatic hydroxyl groups is 1. The molecule has 0 amide bonds. The second-order valence-corrected chi connectivity index (χ2v) is 4.70. The highest BCUT2D eigenvalue weighted by molar-refractivity contribution is 5.97. The Morgan fingerprint density at radius 3 is 2.35 bits per heavy atom. The first kappa shape index (κ1) is 13.9. The minimum absolute atomic E-state index is 0.0545. The second kappa shape index (κ2) is 6.52. The molecule has 0 radical (unpaired) electrons. The minimum atomic E-state index is -0.362. The van der Waals surface area contributed by atoms with E-state index in [0.29, 0.717) is 13.1 Å². The van der Waals surface area contributed by atoms with Gasteiger partial charge in [0.1, 0.15) is 0 Å². The van der Waals surface area contributed by atoms with Gasteiger partial charge in [0.15, 0.2) is 5.78 Å². The largest absolute Gasteiger partial charge is 0.392 e. The molecule has 0 aliphatic heterocycles. The summed E-state index contributed by atoms with van der Waals surface area (Å²) in [6.07, 6.45) is -0.362. The first-order valence-electron chi connectivity index (χ1n) is 5.96. The number of aliphatic hydroxyl groups excluding tert-OH is 1. The van der Waals surface area contributed by atoms with Crippen LogP contribution < -0.4 is 0 Å². The molecular weight excluding hydrogens is 214 g/mol. The number of benzene rings is 1. The van der Waals surface area contributed by atoms with Crippen LogP contribution in [0.25, 0.3) is 0 Å². The van der Waals surface area contributed by atoms with Crippen LogP contribution in [0.2, 0.25) is 0 Å². The van der Waals surface area contributed by atoms with Crippen LogP contribution in [-0.2, 0) is 0 Å². The third-order valence-corrected chi connectivity index (χ3v) is 2.67. The molecule has 1 N–H and O–H groups in total. The fourth-order valence-corrected chi connectivity index (χ4v) is 1.96. The molecular formula is C14H21NO2. The first-order chi connectivity index (χ1) is 8.00. The van der Waals surface area contributed by atoms with Crippen molar-refractivity contribution in [3.63, 3.8) is 0 Å². The summed E-state index contributed by atoms with van der Waals surface area (Å²) in [4.78, 5) is 14.1. The molecule has 17 heavy (non-hydrogen) atoms. The Hall–Kier alpha value is -1.19. The molecule has 1 rings (SSSR count). The first-order valence-corrected chi connectivity index (χ1v) is 5.96. The predicted molar refractivity (Wildman–Crippen MR) is 69.1 cm³/mol. The number of nitrogens with zero attached hydrogens (tertiary/aromatic N) is 1. The van der Waals surface area contributed by atoms with Crippen molar-refractivity contribution in [2.75, 3.05) is 20.1 Å². The fraction of sp³-hybridized carbons (Fsp3) is 0.500. The number of carbonyl (C=O) groups excluding carboxylic acids is 1. The van der Waals surface area contributed by atoms with E-state index < -0.39 is 0 Å². The number of rotatable bonds is 6. The van der Waals surface area contributed by atoms with Gasteiger partial charge in [-0.25, -0.2) is 0 Å². The average molecular weight is 235 g/mol. The third kappa shape index (κ3) is 4.67. The Bertz CT molecular complexity index is 348. The Morgan fingerprint density at radius 2 is 1.82 bits per heavy atom. The number of carbonyl (C=O) groups is 1. The maximum atomic E-state index is 12.1. The van der Waals surface area contributed by atoms with Crippen molar-refractivity contribution < 1.29 is 9.90 Å². The van der Waals surface area contributed by atoms with Gasteiger partial charge in [0.05, 0.1) is 6.10 Å². The SMILES string of the molecule is CC(O)CN(C)CC(C)C(=O)c1ccccc1. The van der Waals surface area contributed by atoms with Crippen LogP contribution in [0.15, 0.2) is 30.3 Å². The van der Waals surface area contributed by atoms with E-state index in [0.717, 1.165) is 5.56 Å². The van der Waals surface area contributed by atoms with E-state index in [9.17, 15) is 9.90 Å². The van der Waals surface area contributed by atoms with E-state index >= 15 is 0 Å². The predicted octanol–water partition coefficient (Wildman–Crippen LogP) is 1.82. The molecule has 0 aliphatic rings. The van der Waals surface area contributed by atoms with Crippen LogP contribution in [0, 0.1) is 5.92 Å². The van der Waals surface area contributed by atoms with Gasteiger partial charge in [-0.1, -0.05) is 37.3 Å². The molecule has 0 spiro atoms. The van der Waals surface area contributed by atoms with Crippen LogP contribution in [0.1, 0.15) is 24.2 Å². The molecule has 0 fully saturated rings. The molecule has 0 aromatic heterocycles. The van der Waals surface area contributed by atoms with Crippen molar-refractivity contribution >= 4 is 5.78 Å². The minimum Gasteiger partial charge on any atom is -0.392 e. The van der Waals surface area contributed by atoms with Crippen molar-refractivity contribution in [3.8, 4) is 0 Å². The number of ketones is 1. The van der Waals surface area contributed by atoms with Gasteiger partial charge in [0.25, 0.3) is 0 Å². The molecule has 2 unspecified atom stereocenters. The summed E-state index contributed by atoms with van der Waals surface area (Å²) in [5, 5.41) is 9.26. The summed E-state index contributed by atoms with van der Waals surface area (Å²) >= 11 is 0. The lowest BCUT2D eigenvalue weighted by molar-refractivity contribution is 0.0869. The topological polar surface area (TPSA) is 40.5 Å². The molecule has 0 aliphatic carbocycles. The molecule has 0 bridgehead atoms. The molecule has 1 aromatic rings. The Labute approximate surface area is 103 Å². The summed E-state index contributed by atoms with van der Waals surface area (Å²) < 4.78 is 0. The lowest BCUT2D eigenvalue weighted by atomic mass is 9.99. The lowest BCUT2D eigenvalue weighted by Crippen LogP contribution is -2.33. The monoisotopic (exact) mass is 235 g/mol. The summed E-state index contributed by atoms with van der Waals surface area (Å²) in [6, 6.07) is 9.33. The molecule has 2 atom stereocenters. The molecule has 3 nitrogen and oxygen atoms in total. The fourth-order valence-electron chi connectivity index (χ4n) is 1.96. The van der Waals surface area contributed by atoms with Crippen LogP contribution in [0.3, 0.4) is 0 Å². The van der Waals surface area contributed by atoms with Gasteiger partial charge in [-0.2, -0.15) is 0 Å². The summed E-state index contributed by atoms with van der Waals surface area (Å²) in [5.41, 5.74) is 0.755. The quantitative estimate of drug-likeness (QED) is 0.765. The van der Waals surface area contributed by atoms with Crippen LogP contribution in [0.4, 0.5) is 0 Å². The number of hydrogen-bond acceptors (Lipinski definition) is 3. The van der Waals surface area contributed by atoms with Crippen LogP contribution >= 0.6 is 0 Å². The van der Waals surface area contributed by atoms with E-state index in [1.807, 2.05) is 49.2 Å². The van der Waals surface area contributed by atoms with E-state index in [1.54, 1.807) is 6.92 Å². The summed E-state index contributed by atoms with van der Waals surface area (Å²) in [5.74, 6) is 0.101. The molecule has 0 saturated heterocycles. The normalized spacial score (nSPS) is 14.6. The van der Waals surface area contributed by atoms with E-state index in [-0.39, 0.29) is 17.8 Å². The number of hydrogen-bond donors (Lipinski definition) is 1. The highest BCUT2D eigenvalue weighted by Crippen LogP contribution is 2.09. The van der Waals surface area contributed by atoms with Gasteiger partial charge in [0, 0.05) is 24.6 Å². The van der Waals surface area contributed by atoms with Crippen molar-refractivity contribution in [1.29, 1.82) is 0 Å². The average Bonchev–Trinajstić information content (AvgIpc) is 2.28. The van der Waals surface area contributed by atoms with E-state index in [2.05, 4.69) is 0 Å². The highest BCUT2D eigenvalue weighted by atomic mass is 16.3. The zero-order valence-corrected chi connectivity index (χ0v) is 10.8. The molecule has 94 valence electrons. The highest BCUT2D eigenvalue weighted by Gasteiger charge is 2.17. The van der Waals surface area contributed by atoms with Gasteiger partial charge < -0.3 is 10.0 Å². The second-order valence-electron chi connectivity index (χ2n) is 4.70. The van der Waals surface area contributed by atoms with Crippen molar-refractivity contribution in [1.82, 2.24) is 4.90 Å². The van der Waals surface area contributed by atoms with Crippen LogP contribution in [0.5, 0.6) is 0 Å². The zero-order chi connectivity index (χ0) is 12.8. The molecule has 3 heteroatoms. The smallest absolute Gasteiger partial charge is 0.166 e. The number of likely N-dealkylation sites (N-methyl/N-ethyl adjacent to an activating group) is 1. The standard InChI is InChI=1S/C14H21NO2/c1-11(9-15(3)10-12(2)16)14(17)13-7-5-4-6-8-13/h4-8,11-12,16H,9-10H2,1-3H3. The summed E-state index contributed by atoms with van der Waals surface area (Å²) in [7, 11) is 1.92. The van der Waals surface area contributed by atoms with E-state index in [4.69, 9.17) is 0 Å². The van der Waals surface area contributed by atoms with Crippen molar-refractivity contribution in [2.24, 2.45) is 5.92 Å². The van der Waals surface area contributed by atoms with Gasteiger partial charge in [-0.3, -0.25) is 4.79 Å². The van der Waals surface area contributed by atoms with Gasteiger partial charge in [-0.05, 0) is 14.0 Å². The van der Waals surface area contributed by atoms with Gasteiger partial charge in [0.2, 0.25) is 0 Å². The van der Waals surface area contributed by atoms with Crippen molar-refractivity contribution in [3.05, 3.63) is 35.9 Å². The maximum Gasteiger partial charge on any atom is 0.166 e. The van der Waals surface area contributed by atoms with Crippen molar-refractivity contribution in [2.45, 2.75) is 20.0 Å². The van der Waals surface area contributed by atoms with Gasteiger partial charge in [-0.15, -0.1) is 0 Å². The van der Waals surface area contributed by atoms with Crippen LogP contribution in [-0.4, -0.2) is 42.0 Å². The Kier molecular flexibility index (Phi) is 5.32. The van der Waals surface area contributed by atoms with Gasteiger partial charge >= 0.3 is 0 Å². The lowest BCUT2D eigenvalue weighted by Gasteiger charge is -2.21. The zero-order valence-electron chi connectivity index (χ0n) is 10.8. The Morgan fingerprint density at radius 1 is 1.24 bits per heavy atom. The molecule has 1 aromatic carbocycles. The number of Topliss-reactive ketones (excluding diaryl/α,β-unsaturated/α-hetero) is 1. The molecule has 0 saturated carbocycles. The van der Waals surface area contributed by atoms with E-state index in [1.165, 1.54) is 0 Å². The third-order valence-electron chi connectivity index (χ3n) is 2.67.